The minimum atomic E-state index is 0.248. The van der Waals surface area contributed by atoms with Crippen LogP contribution in [0, 0.1) is 0 Å². The fraction of sp³-hybridized carbons (Fsp3) is 0.538. The van der Waals surface area contributed by atoms with Crippen molar-refractivity contribution in [2.45, 2.75) is 31.1 Å². The minimum absolute atomic E-state index is 0.248. The summed E-state index contributed by atoms with van der Waals surface area (Å²) in [5.41, 5.74) is 4.20. The fourth-order valence-corrected chi connectivity index (χ4v) is 3.62. The molecular weight excluding hydrogens is 232 g/mol. The fourth-order valence-electron chi connectivity index (χ4n) is 2.22. The third-order valence-electron chi connectivity index (χ3n) is 3.07. The molecule has 3 N–H and O–H groups in total. The van der Waals surface area contributed by atoms with Crippen LogP contribution in [0.2, 0.25) is 0 Å². The highest BCUT2D eigenvalue weighted by Crippen LogP contribution is 2.35. The lowest BCUT2D eigenvalue weighted by Gasteiger charge is -2.22. The van der Waals surface area contributed by atoms with Crippen molar-refractivity contribution in [3.63, 3.8) is 0 Å². The minimum Gasteiger partial charge on any atom is -0.494 e. The number of rotatable bonds is 5. The summed E-state index contributed by atoms with van der Waals surface area (Å²) in [4.78, 5) is 0. The van der Waals surface area contributed by atoms with Gasteiger partial charge in [-0.05, 0) is 43.2 Å². The van der Waals surface area contributed by atoms with Gasteiger partial charge in [0, 0.05) is 5.25 Å². The lowest BCUT2D eigenvalue weighted by atomic mass is 10.0. The average molecular weight is 252 g/mol. The van der Waals surface area contributed by atoms with Gasteiger partial charge in [0.2, 0.25) is 0 Å². The van der Waals surface area contributed by atoms with Gasteiger partial charge in [-0.2, -0.15) is 11.8 Å². The van der Waals surface area contributed by atoms with Crippen LogP contribution in [0.25, 0.3) is 0 Å². The Morgan fingerprint density at radius 1 is 1.47 bits per heavy atom. The van der Waals surface area contributed by atoms with Crippen LogP contribution in [0.15, 0.2) is 24.3 Å². The van der Waals surface area contributed by atoms with E-state index >= 15 is 0 Å². The van der Waals surface area contributed by atoms with Gasteiger partial charge < -0.3 is 4.74 Å². The smallest absolute Gasteiger partial charge is 0.119 e. The Labute approximate surface area is 107 Å². The molecule has 0 aliphatic carbocycles. The van der Waals surface area contributed by atoms with E-state index in [2.05, 4.69) is 17.6 Å². The molecule has 2 unspecified atom stereocenters. The molecule has 1 fully saturated rings. The predicted octanol–water partition coefficient (Wildman–Crippen LogP) is 2.49. The Kier molecular flexibility index (Phi) is 4.71. The summed E-state index contributed by atoms with van der Waals surface area (Å²) >= 11 is 2.01. The third-order valence-corrected chi connectivity index (χ3v) is 4.53. The zero-order chi connectivity index (χ0) is 12.1. The number of ether oxygens (including phenoxy) is 1. The van der Waals surface area contributed by atoms with Gasteiger partial charge in [0.25, 0.3) is 0 Å². The highest BCUT2D eigenvalue weighted by atomic mass is 32.2. The molecule has 2 rings (SSSR count). The molecule has 1 aliphatic heterocycles. The maximum absolute atomic E-state index is 5.69. The van der Waals surface area contributed by atoms with Crippen LogP contribution in [-0.4, -0.2) is 17.6 Å². The lowest BCUT2D eigenvalue weighted by molar-refractivity contribution is 0.340. The first-order chi connectivity index (χ1) is 8.35. The van der Waals surface area contributed by atoms with E-state index in [4.69, 9.17) is 10.6 Å². The van der Waals surface area contributed by atoms with Crippen LogP contribution < -0.4 is 16.0 Å². The Hall–Kier alpha value is -0.710. The first-order valence-electron chi connectivity index (χ1n) is 6.15. The van der Waals surface area contributed by atoms with E-state index in [1.165, 1.54) is 24.2 Å². The number of nitrogens with one attached hydrogen (secondary N) is 1. The molecule has 1 aromatic rings. The second-order valence-electron chi connectivity index (χ2n) is 4.20. The van der Waals surface area contributed by atoms with E-state index in [-0.39, 0.29) is 6.04 Å². The van der Waals surface area contributed by atoms with Crippen molar-refractivity contribution < 1.29 is 4.74 Å². The third kappa shape index (κ3) is 3.15. The number of benzene rings is 1. The van der Waals surface area contributed by atoms with E-state index in [9.17, 15) is 0 Å². The molecule has 1 aliphatic rings. The maximum Gasteiger partial charge on any atom is 0.119 e. The summed E-state index contributed by atoms with van der Waals surface area (Å²) in [6, 6.07) is 8.49. The summed E-state index contributed by atoms with van der Waals surface area (Å²) in [6.45, 7) is 2.70. The van der Waals surface area contributed by atoms with Crippen molar-refractivity contribution in [2.24, 2.45) is 5.84 Å². The first-order valence-corrected chi connectivity index (χ1v) is 7.20. The van der Waals surface area contributed by atoms with E-state index in [0.29, 0.717) is 11.9 Å². The maximum atomic E-state index is 5.69. The normalized spacial score (nSPS) is 21.4. The van der Waals surface area contributed by atoms with Gasteiger partial charge >= 0.3 is 0 Å². The van der Waals surface area contributed by atoms with Gasteiger partial charge in [0.05, 0.1) is 12.6 Å². The zero-order valence-corrected chi connectivity index (χ0v) is 11.0. The molecule has 0 amide bonds. The Morgan fingerprint density at radius 2 is 2.24 bits per heavy atom. The Morgan fingerprint density at radius 3 is 2.76 bits per heavy atom. The zero-order valence-electron chi connectivity index (χ0n) is 10.2. The number of hydrazine groups is 1. The predicted molar refractivity (Wildman–Crippen MR) is 73.2 cm³/mol. The van der Waals surface area contributed by atoms with Crippen molar-refractivity contribution in [1.82, 2.24) is 5.43 Å². The molecule has 2 atom stereocenters. The molecular formula is C13H20N2OS. The lowest BCUT2D eigenvalue weighted by Crippen LogP contribution is -2.34. The molecule has 94 valence electrons. The van der Waals surface area contributed by atoms with E-state index in [1.807, 2.05) is 30.8 Å². The molecule has 3 nitrogen and oxygen atoms in total. The van der Waals surface area contributed by atoms with Crippen molar-refractivity contribution in [1.29, 1.82) is 0 Å². The number of thioether (sulfide) groups is 1. The monoisotopic (exact) mass is 252 g/mol. The van der Waals surface area contributed by atoms with E-state index < -0.39 is 0 Å². The molecule has 0 saturated carbocycles. The van der Waals surface area contributed by atoms with Gasteiger partial charge in [-0.15, -0.1) is 0 Å². The Bertz CT molecular complexity index is 336. The van der Waals surface area contributed by atoms with Crippen LogP contribution >= 0.6 is 11.8 Å². The van der Waals surface area contributed by atoms with Crippen LogP contribution in [0.1, 0.15) is 31.4 Å². The standard InChI is InChI=1S/C13H20N2OS/c1-2-16-11-7-5-10(6-8-11)13(15-14)12-4-3-9-17-12/h5-8,12-13,15H,2-4,9,14H2,1H3. The second-order valence-corrected chi connectivity index (χ2v) is 5.54. The SMILES string of the molecule is CCOc1ccc(C(NN)C2CCCS2)cc1. The largest absolute Gasteiger partial charge is 0.494 e. The summed E-state index contributed by atoms with van der Waals surface area (Å²) < 4.78 is 5.44. The van der Waals surface area contributed by atoms with Gasteiger partial charge in [0.1, 0.15) is 5.75 Å². The van der Waals surface area contributed by atoms with Crippen LogP contribution in [-0.2, 0) is 0 Å². The average Bonchev–Trinajstić information content (AvgIpc) is 2.86. The van der Waals surface area contributed by atoms with Crippen LogP contribution in [0.4, 0.5) is 0 Å². The number of nitrogens with two attached hydrogens (primary N) is 1. The molecule has 1 aromatic carbocycles. The summed E-state index contributed by atoms with van der Waals surface area (Å²) in [5.74, 6) is 7.86. The Balaban J connectivity index is 2.07. The highest BCUT2D eigenvalue weighted by molar-refractivity contribution is 8.00. The molecule has 0 aromatic heterocycles. The van der Waals surface area contributed by atoms with Crippen LogP contribution in [0.3, 0.4) is 0 Å². The molecule has 0 bridgehead atoms. The van der Waals surface area contributed by atoms with Crippen molar-refractivity contribution >= 4 is 11.8 Å². The van der Waals surface area contributed by atoms with Crippen molar-refractivity contribution in [3.8, 4) is 5.75 Å². The first kappa shape index (κ1) is 12.7. The summed E-state index contributed by atoms with van der Waals surface area (Å²) in [6.07, 6.45) is 2.54. The number of hydrogen-bond donors (Lipinski definition) is 2. The summed E-state index contributed by atoms with van der Waals surface area (Å²) in [5, 5.41) is 0.595. The topological polar surface area (TPSA) is 47.3 Å². The van der Waals surface area contributed by atoms with Crippen molar-refractivity contribution in [2.75, 3.05) is 12.4 Å². The van der Waals surface area contributed by atoms with Gasteiger partial charge in [0.15, 0.2) is 0 Å². The van der Waals surface area contributed by atoms with Gasteiger partial charge in [-0.3, -0.25) is 11.3 Å². The molecule has 0 radical (unpaired) electrons. The molecule has 17 heavy (non-hydrogen) atoms. The number of hydrogen-bond acceptors (Lipinski definition) is 4. The van der Waals surface area contributed by atoms with E-state index in [0.717, 1.165) is 5.75 Å². The molecule has 0 spiro atoms. The summed E-state index contributed by atoms with van der Waals surface area (Å²) in [7, 11) is 0. The van der Waals surface area contributed by atoms with Gasteiger partial charge in [-0.1, -0.05) is 12.1 Å². The van der Waals surface area contributed by atoms with Gasteiger partial charge in [-0.25, -0.2) is 0 Å². The van der Waals surface area contributed by atoms with Crippen LogP contribution in [0.5, 0.6) is 5.75 Å². The quantitative estimate of drug-likeness (QED) is 0.624. The molecule has 1 saturated heterocycles. The second kappa shape index (κ2) is 6.28. The molecule has 1 heterocycles. The highest BCUT2D eigenvalue weighted by Gasteiger charge is 2.25. The molecule has 4 heteroatoms. The van der Waals surface area contributed by atoms with Crippen molar-refractivity contribution in [3.05, 3.63) is 29.8 Å². The van der Waals surface area contributed by atoms with E-state index in [1.54, 1.807) is 0 Å².